The number of carbonyl (C=O) groups is 3. The molecule has 33 heteroatoms. The number of nitrogens with one attached hydrogen (secondary N) is 9. The monoisotopic (exact) mass is 1430 g/mol. The van der Waals surface area contributed by atoms with Crippen LogP contribution in [0.5, 0.6) is 0 Å². The average Bonchev–Trinajstić information content (AvgIpc) is 1.69. The van der Waals surface area contributed by atoms with Crippen LogP contribution in [0.25, 0.3) is 31.5 Å². The molecule has 6 aliphatic rings. The lowest BCUT2D eigenvalue weighted by molar-refractivity contribution is 0.0944. The summed E-state index contributed by atoms with van der Waals surface area (Å²) in [7, 11) is 5.30. The Bertz CT molecular complexity index is 4490. The molecular formula is C72H87N27O6. The van der Waals surface area contributed by atoms with Crippen molar-refractivity contribution in [2.45, 2.75) is 113 Å². The van der Waals surface area contributed by atoms with Gasteiger partial charge in [0.05, 0.1) is 38.2 Å². The Hall–Kier alpha value is -11.7. The quantitative estimate of drug-likeness (QED) is 0.0297. The minimum atomic E-state index is -0.198. The zero-order chi connectivity index (χ0) is 73.1. The highest BCUT2D eigenvalue weighted by molar-refractivity contribution is 6.02. The first-order valence-corrected chi connectivity index (χ1v) is 35.9. The van der Waals surface area contributed by atoms with Crippen molar-refractivity contribution in [3.8, 4) is 0 Å². The van der Waals surface area contributed by atoms with Crippen molar-refractivity contribution < 1.29 is 14.4 Å². The van der Waals surface area contributed by atoms with E-state index < -0.39 is 0 Å². The van der Waals surface area contributed by atoms with Gasteiger partial charge in [-0.15, -0.1) is 0 Å². The number of hydrogen-bond acceptors (Lipinski definition) is 21. The molecule has 546 valence electrons. The summed E-state index contributed by atoms with van der Waals surface area (Å²) in [6.07, 6.45) is 21.7. The Labute approximate surface area is 605 Å². The third-order valence-electron chi connectivity index (χ3n) is 19.6. The molecule has 3 aliphatic heterocycles. The molecular weight excluding hydrogens is 1340 g/mol. The number of likely N-dealkylation sites (tertiary alicyclic amines) is 3. The summed E-state index contributed by atoms with van der Waals surface area (Å²) < 4.78 is 10.1. The summed E-state index contributed by atoms with van der Waals surface area (Å²) in [5, 5.41) is 40.6. The molecule has 105 heavy (non-hydrogen) atoms. The summed E-state index contributed by atoms with van der Waals surface area (Å²) in [5.41, 5.74) is 3.27. The van der Waals surface area contributed by atoms with E-state index in [-0.39, 0.29) is 70.7 Å². The highest BCUT2D eigenvalue weighted by atomic mass is 16.2. The Morgan fingerprint density at radius 2 is 0.724 bits per heavy atom. The van der Waals surface area contributed by atoms with Crippen LogP contribution in [0.4, 0.5) is 52.0 Å². The third-order valence-corrected chi connectivity index (χ3v) is 19.6. The number of hydrogen-bond donors (Lipinski definition) is 9. The first-order chi connectivity index (χ1) is 51.2. The number of anilines is 9. The number of carbonyl (C=O) groups excluding carboxylic acids is 3. The van der Waals surface area contributed by atoms with E-state index in [4.69, 9.17) is 19.7 Å². The molecule has 15 rings (SSSR count). The topological polar surface area (TPSA) is 339 Å². The molecule has 0 spiro atoms. The second-order valence-corrected chi connectivity index (χ2v) is 27.2. The number of piperidine rings is 3. The van der Waals surface area contributed by atoms with Gasteiger partial charge in [-0.25, -0.2) is 34.7 Å². The number of pyridine rings is 3. The Morgan fingerprint density at radius 1 is 0.438 bits per heavy atom. The Morgan fingerprint density at radius 3 is 0.981 bits per heavy atom. The summed E-state index contributed by atoms with van der Waals surface area (Å²) in [4.78, 5) is 109. The molecule has 1 unspecified atom stereocenters. The molecule has 3 saturated heterocycles. The maximum absolute atomic E-state index is 13.4. The van der Waals surface area contributed by atoms with Crippen LogP contribution in [0.15, 0.2) is 106 Å². The highest BCUT2D eigenvalue weighted by Crippen LogP contribution is 2.30. The second-order valence-electron chi connectivity index (χ2n) is 27.2. The van der Waals surface area contributed by atoms with Crippen LogP contribution in [0, 0.1) is 19.7 Å². The van der Waals surface area contributed by atoms with Gasteiger partial charge < -0.3 is 76.1 Å². The van der Waals surface area contributed by atoms with Gasteiger partial charge in [-0.2, -0.15) is 28.8 Å². The van der Waals surface area contributed by atoms with E-state index in [0.717, 1.165) is 136 Å². The molecule has 33 nitrogen and oxygen atoms in total. The molecule has 3 amide bonds. The van der Waals surface area contributed by atoms with Gasteiger partial charge in [-0.05, 0) is 133 Å². The van der Waals surface area contributed by atoms with Crippen LogP contribution < -0.4 is 64.5 Å². The van der Waals surface area contributed by atoms with Crippen LogP contribution in [0.1, 0.15) is 126 Å². The summed E-state index contributed by atoms with van der Waals surface area (Å²) in [5.74, 6) is 2.66. The van der Waals surface area contributed by atoms with E-state index in [1.54, 1.807) is 84.8 Å². The fourth-order valence-electron chi connectivity index (χ4n) is 13.6. The SMILES string of the molecule is [C-]#[N+]CCN1CCCC(n2cccc(Nc3cc(NC)n4ncc(C(=O)NC5CC5)c4n3)c2=O)C1.[C-]#[N+]CCN1CCC[C@@H](n2cccc(Nc3cc(NC)n4ncc(C(=O)NC5CC5)c4n3)c2=O)C1.[C-]#[N+]CCN1CCC[C@H](n2cccc(Nc3cc(NC)n4ncc(C(=O)NC5CC5)c4n3)c2=O)C1. The van der Waals surface area contributed by atoms with Gasteiger partial charge in [0.1, 0.15) is 68.7 Å². The van der Waals surface area contributed by atoms with Crippen molar-refractivity contribution in [2.24, 2.45) is 0 Å². The third kappa shape index (κ3) is 17.0. The van der Waals surface area contributed by atoms with Crippen LogP contribution in [-0.2, 0) is 0 Å². The molecule has 3 atom stereocenters. The molecule has 9 aromatic heterocycles. The molecule has 6 fully saturated rings. The molecule has 12 heterocycles. The predicted octanol–water partition coefficient (Wildman–Crippen LogP) is 6.37. The van der Waals surface area contributed by atoms with Crippen molar-refractivity contribution in [1.29, 1.82) is 0 Å². The number of amides is 3. The molecule has 0 aromatic carbocycles. The summed E-state index contributed by atoms with van der Waals surface area (Å²) in [6.45, 7) is 29.8. The number of rotatable bonds is 24. The fourth-order valence-corrected chi connectivity index (χ4v) is 13.6. The van der Waals surface area contributed by atoms with Gasteiger partial charge >= 0.3 is 0 Å². The van der Waals surface area contributed by atoms with Crippen LogP contribution in [0.2, 0.25) is 0 Å². The van der Waals surface area contributed by atoms with Gasteiger partial charge in [0.15, 0.2) is 16.9 Å². The van der Waals surface area contributed by atoms with Gasteiger partial charge in [-0.3, -0.25) is 43.5 Å². The Kier molecular flexibility index (Phi) is 22.3. The molecule has 3 aliphatic carbocycles. The number of nitrogens with zero attached hydrogens (tertiary/aromatic N) is 18. The first kappa shape index (κ1) is 71.7. The summed E-state index contributed by atoms with van der Waals surface area (Å²) in [6, 6.07) is 16.9. The number of aromatic nitrogens is 12. The summed E-state index contributed by atoms with van der Waals surface area (Å²) >= 11 is 0. The lowest BCUT2D eigenvalue weighted by atomic mass is 10.1. The van der Waals surface area contributed by atoms with E-state index in [2.05, 4.69) is 107 Å². The predicted molar refractivity (Wildman–Crippen MR) is 400 cm³/mol. The molecule has 9 aromatic rings. The smallest absolute Gasteiger partial charge is 0.274 e. The highest BCUT2D eigenvalue weighted by Gasteiger charge is 2.32. The fraction of sp³-hybridized carbons (Fsp3) is 0.458. The van der Waals surface area contributed by atoms with E-state index in [0.29, 0.717) is 105 Å². The van der Waals surface area contributed by atoms with E-state index >= 15 is 0 Å². The number of fused-ring (bicyclic) bond motifs is 3. The minimum absolute atomic E-state index is 0.0552. The van der Waals surface area contributed by atoms with Gasteiger partial charge in [0, 0.05) is 114 Å². The minimum Gasteiger partial charge on any atom is -0.373 e. The van der Waals surface area contributed by atoms with Gasteiger partial charge in [0.25, 0.3) is 34.4 Å². The van der Waals surface area contributed by atoms with Crippen molar-refractivity contribution in [3.63, 3.8) is 0 Å². The molecule has 3 saturated carbocycles. The lowest BCUT2D eigenvalue weighted by Crippen LogP contribution is -2.40. The zero-order valence-electron chi connectivity index (χ0n) is 59.1. The maximum Gasteiger partial charge on any atom is 0.274 e. The standard InChI is InChI=1S/3C24H29N9O2/c3*1-25-9-12-31-10-3-5-17(15-31)32-11-4-6-19(24(32)35)29-20-13-21(26-2)33-22(30-20)18(14-27-33)23(34)28-16-7-8-16/h3*4,6,11,13-14,16-17,26H,3,5,7-10,12,15H2,2H3,(H,28,34)(H,29,30)/t2*17-;/m10./s1. The van der Waals surface area contributed by atoms with Crippen LogP contribution >= 0.6 is 0 Å². The molecule has 0 radical (unpaired) electrons. The Balaban J connectivity index is 0.000000140. The normalized spacial score (nSPS) is 18.2. The van der Waals surface area contributed by atoms with Crippen LogP contribution in [0.3, 0.4) is 0 Å². The average molecular weight is 1430 g/mol. The second kappa shape index (κ2) is 32.7. The molecule has 9 N–H and O–H groups in total. The van der Waals surface area contributed by atoms with Gasteiger partial charge in [-0.1, -0.05) is 0 Å². The van der Waals surface area contributed by atoms with Crippen molar-refractivity contribution in [3.05, 3.63) is 174 Å². The van der Waals surface area contributed by atoms with Crippen molar-refractivity contribution in [1.82, 2.24) is 88.1 Å². The first-order valence-electron chi connectivity index (χ1n) is 35.9. The van der Waals surface area contributed by atoms with Gasteiger partial charge in [0.2, 0.25) is 19.6 Å². The molecule has 0 bridgehead atoms. The van der Waals surface area contributed by atoms with Crippen LogP contribution in [-0.4, -0.2) is 208 Å². The van der Waals surface area contributed by atoms with E-state index in [9.17, 15) is 28.8 Å². The van der Waals surface area contributed by atoms with Crippen molar-refractivity contribution >= 4 is 86.6 Å². The van der Waals surface area contributed by atoms with E-state index in [1.165, 1.54) is 18.6 Å². The largest absolute Gasteiger partial charge is 0.373 e. The van der Waals surface area contributed by atoms with E-state index in [1.807, 2.05) is 36.8 Å². The zero-order valence-corrected chi connectivity index (χ0v) is 59.1. The maximum atomic E-state index is 13.4. The van der Waals surface area contributed by atoms with Crippen molar-refractivity contribution in [2.75, 3.05) is 132 Å². The lowest BCUT2D eigenvalue weighted by Gasteiger charge is -2.32.